The lowest BCUT2D eigenvalue weighted by molar-refractivity contribution is 0.0954. The van der Waals surface area contributed by atoms with Crippen LogP contribution in [0.25, 0.3) is 0 Å². The Kier molecular flexibility index (Phi) is 6.63. The van der Waals surface area contributed by atoms with Crippen molar-refractivity contribution in [2.45, 2.75) is 6.92 Å². The van der Waals surface area contributed by atoms with Crippen molar-refractivity contribution in [3.8, 4) is 17.2 Å². The third kappa shape index (κ3) is 4.62. The van der Waals surface area contributed by atoms with Gasteiger partial charge in [-0.2, -0.15) is 5.10 Å². The van der Waals surface area contributed by atoms with Gasteiger partial charge in [0.15, 0.2) is 0 Å². The molecule has 0 saturated carbocycles. The standard InChI is InChI=1S/C18H19IN2O4/c1-11(14-7-6-13(23-2)10-17(14)25-4)20-21-18(22)12-5-8-16(24-3)15(19)9-12/h5-10H,1-4H3,(H,21,22). The van der Waals surface area contributed by atoms with Crippen molar-refractivity contribution < 1.29 is 19.0 Å². The van der Waals surface area contributed by atoms with Crippen LogP contribution >= 0.6 is 22.6 Å². The minimum absolute atomic E-state index is 0.299. The molecule has 0 radical (unpaired) electrons. The Morgan fingerprint density at radius 3 is 2.32 bits per heavy atom. The molecule has 7 heteroatoms. The van der Waals surface area contributed by atoms with Crippen LogP contribution in [0.5, 0.6) is 17.2 Å². The first-order valence-corrected chi connectivity index (χ1v) is 8.48. The van der Waals surface area contributed by atoms with Crippen LogP contribution in [0.15, 0.2) is 41.5 Å². The molecule has 2 aromatic carbocycles. The summed E-state index contributed by atoms with van der Waals surface area (Å²) in [5, 5.41) is 4.17. The van der Waals surface area contributed by atoms with Gasteiger partial charge in [0.05, 0.1) is 30.6 Å². The summed E-state index contributed by atoms with van der Waals surface area (Å²) in [4.78, 5) is 12.3. The molecule has 0 heterocycles. The van der Waals surface area contributed by atoms with Crippen LogP contribution in [0, 0.1) is 3.57 Å². The summed E-state index contributed by atoms with van der Waals surface area (Å²) in [6.07, 6.45) is 0. The van der Waals surface area contributed by atoms with Crippen molar-refractivity contribution in [2.24, 2.45) is 5.10 Å². The van der Waals surface area contributed by atoms with Gasteiger partial charge in [0, 0.05) is 17.2 Å². The van der Waals surface area contributed by atoms with E-state index < -0.39 is 0 Å². The average Bonchev–Trinajstić information content (AvgIpc) is 2.65. The van der Waals surface area contributed by atoms with Crippen molar-refractivity contribution in [3.05, 3.63) is 51.1 Å². The zero-order chi connectivity index (χ0) is 18.4. The van der Waals surface area contributed by atoms with Gasteiger partial charge >= 0.3 is 0 Å². The van der Waals surface area contributed by atoms with Crippen molar-refractivity contribution in [2.75, 3.05) is 21.3 Å². The number of nitrogens with zero attached hydrogens (tertiary/aromatic N) is 1. The van der Waals surface area contributed by atoms with Gasteiger partial charge in [-0.1, -0.05) is 0 Å². The molecule has 0 aliphatic rings. The van der Waals surface area contributed by atoms with Crippen LogP contribution in [-0.4, -0.2) is 32.9 Å². The molecule has 0 saturated heterocycles. The monoisotopic (exact) mass is 454 g/mol. The third-order valence-electron chi connectivity index (χ3n) is 3.54. The Labute approximate surface area is 160 Å². The molecule has 132 valence electrons. The minimum atomic E-state index is -0.299. The van der Waals surface area contributed by atoms with Crippen LogP contribution in [0.1, 0.15) is 22.8 Å². The molecule has 1 amide bonds. The topological polar surface area (TPSA) is 69.2 Å². The van der Waals surface area contributed by atoms with E-state index in [1.165, 1.54) is 0 Å². The lowest BCUT2D eigenvalue weighted by Crippen LogP contribution is -2.19. The third-order valence-corrected chi connectivity index (χ3v) is 4.38. The fraction of sp³-hybridized carbons (Fsp3) is 0.222. The predicted octanol–water partition coefficient (Wildman–Crippen LogP) is 3.47. The van der Waals surface area contributed by atoms with E-state index in [4.69, 9.17) is 14.2 Å². The van der Waals surface area contributed by atoms with Gasteiger partial charge in [0.1, 0.15) is 17.2 Å². The molecule has 1 N–H and O–H groups in total. The maximum atomic E-state index is 12.3. The number of rotatable bonds is 6. The second-order valence-corrected chi connectivity index (χ2v) is 6.22. The molecule has 0 aliphatic heterocycles. The van der Waals surface area contributed by atoms with Gasteiger partial charge in [-0.05, 0) is 59.8 Å². The van der Waals surface area contributed by atoms with Crippen molar-refractivity contribution in [1.29, 1.82) is 0 Å². The Bertz CT molecular complexity index is 806. The van der Waals surface area contributed by atoms with Crippen LogP contribution in [0.4, 0.5) is 0 Å². The molecule has 0 unspecified atom stereocenters. The smallest absolute Gasteiger partial charge is 0.271 e. The van der Waals surface area contributed by atoms with Crippen LogP contribution in [-0.2, 0) is 0 Å². The zero-order valence-corrected chi connectivity index (χ0v) is 16.6. The first kappa shape index (κ1) is 19.0. The van der Waals surface area contributed by atoms with E-state index in [0.717, 1.165) is 14.9 Å². The fourth-order valence-corrected chi connectivity index (χ4v) is 2.90. The van der Waals surface area contributed by atoms with Crippen molar-refractivity contribution >= 4 is 34.2 Å². The summed E-state index contributed by atoms with van der Waals surface area (Å²) in [6, 6.07) is 10.6. The lowest BCUT2D eigenvalue weighted by Gasteiger charge is -2.10. The number of methoxy groups -OCH3 is 3. The summed E-state index contributed by atoms with van der Waals surface area (Å²) in [6.45, 7) is 1.79. The van der Waals surface area contributed by atoms with Gasteiger partial charge in [0.25, 0.3) is 5.91 Å². The number of hydrogen-bond acceptors (Lipinski definition) is 5. The maximum absolute atomic E-state index is 12.3. The highest BCUT2D eigenvalue weighted by atomic mass is 127. The van der Waals surface area contributed by atoms with Gasteiger partial charge in [-0.15, -0.1) is 0 Å². The molecule has 0 bridgehead atoms. The second kappa shape index (κ2) is 8.70. The number of ether oxygens (including phenoxy) is 3. The Morgan fingerprint density at radius 1 is 1.00 bits per heavy atom. The number of carbonyl (C=O) groups excluding carboxylic acids is 1. The van der Waals surface area contributed by atoms with Gasteiger partial charge in [-0.3, -0.25) is 4.79 Å². The molecule has 0 aromatic heterocycles. The van der Waals surface area contributed by atoms with E-state index in [-0.39, 0.29) is 5.91 Å². The molecule has 0 spiro atoms. The van der Waals surface area contributed by atoms with Gasteiger partial charge in [-0.25, -0.2) is 5.43 Å². The lowest BCUT2D eigenvalue weighted by atomic mass is 10.1. The van der Waals surface area contributed by atoms with E-state index in [1.54, 1.807) is 52.5 Å². The number of hydrogen-bond donors (Lipinski definition) is 1. The van der Waals surface area contributed by atoms with Crippen molar-refractivity contribution in [1.82, 2.24) is 5.43 Å². The number of halogens is 1. The van der Waals surface area contributed by atoms with E-state index >= 15 is 0 Å². The molecule has 2 aromatic rings. The number of nitrogens with one attached hydrogen (secondary N) is 1. The SMILES string of the molecule is COc1ccc(C(C)=NNC(=O)c2ccc(OC)c(I)c2)c(OC)c1. The van der Waals surface area contributed by atoms with Gasteiger partial charge in [0.2, 0.25) is 0 Å². The summed E-state index contributed by atoms with van der Waals surface area (Å²) in [5.41, 5.74) is 4.46. The molecule has 25 heavy (non-hydrogen) atoms. The van der Waals surface area contributed by atoms with Crippen molar-refractivity contribution in [3.63, 3.8) is 0 Å². The molecular weight excluding hydrogens is 435 g/mol. The number of benzene rings is 2. The fourth-order valence-electron chi connectivity index (χ4n) is 2.16. The molecule has 0 aliphatic carbocycles. The first-order chi connectivity index (χ1) is 12.0. The van der Waals surface area contributed by atoms with E-state index in [0.29, 0.717) is 22.8 Å². The summed E-state index contributed by atoms with van der Waals surface area (Å²) in [5.74, 6) is 1.73. The van der Waals surface area contributed by atoms with E-state index in [2.05, 4.69) is 33.1 Å². The number of carbonyl (C=O) groups is 1. The van der Waals surface area contributed by atoms with Gasteiger partial charge < -0.3 is 14.2 Å². The van der Waals surface area contributed by atoms with E-state index in [9.17, 15) is 4.79 Å². The highest BCUT2D eigenvalue weighted by molar-refractivity contribution is 14.1. The normalized spacial score (nSPS) is 11.0. The highest BCUT2D eigenvalue weighted by Gasteiger charge is 2.11. The molecular formula is C18H19IN2O4. The largest absolute Gasteiger partial charge is 0.497 e. The molecule has 0 atom stereocenters. The quantitative estimate of drug-likeness (QED) is 0.413. The van der Waals surface area contributed by atoms with Crippen LogP contribution in [0.3, 0.4) is 0 Å². The summed E-state index contributed by atoms with van der Waals surface area (Å²) >= 11 is 2.12. The minimum Gasteiger partial charge on any atom is -0.497 e. The molecule has 2 rings (SSSR count). The maximum Gasteiger partial charge on any atom is 0.271 e. The second-order valence-electron chi connectivity index (χ2n) is 5.05. The number of hydrazone groups is 1. The highest BCUT2D eigenvalue weighted by Crippen LogP contribution is 2.25. The predicted molar refractivity (Wildman–Crippen MR) is 105 cm³/mol. The molecule has 0 fully saturated rings. The number of amides is 1. The summed E-state index contributed by atoms with van der Waals surface area (Å²) < 4.78 is 16.6. The van der Waals surface area contributed by atoms with Crippen LogP contribution < -0.4 is 19.6 Å². The molecule has 6 nitrogen and oxygen atoms in total. The average molecular weight is 454 g/mol. The first-order valence-electron chi connectivity index (χ1n) is 7.40. The summed E-state index contributed by atoms with van der Waals surface area (Å²) in [7, 11) is 4.75. The van der Waals surface area contributed by atoms with E-state index in [1.807, 2.05) is 12.1 Å². The Hall–Kier alpha value is -2.29. The zero-order valence-electron chi connectivity index (χ0n) is 14.4. The van der Waals surface area contributed by atoms with Crippen LogP contribution in [0.2, 0.25) is 0 Å². The Morgan fingerprint density at radius 2 is 1.72 bits per heavy atom. The Balaban J connectivity index is 2.18.